The van der Waals surface area contributed by atoms with Gasteiger partial charge in [0, 0.05) is 28.6 Å². The maximum atomic E-state index is 12.6. The predicted octanol–water partition coefficient (Wildman–Crippen LogP) is 7.01. The minimum absolute atomic E-state index is 0.133. The summed E-state index contributed by atoms with van der Waals surface area (Å²) < 4.78 is 32.8. The SMILES string of the molecule is Cc1ccc(S(=O)(=O)OCC2CC(c3nc(-c4ccc5ccc(-c6ccccc6)nc5c4)c4c(N)cccn34)C2)cc1. The Morgan fingerprint density at radius 2 is 1.64 bits per heavy atom. The van der Waals surface area contributed by atoms with Gasteiger partial charge in [-0.05, 0) is 62.1 Å². The summed E-state index contributed by atoms with van der Waals surface area (Å²) in [6, 6.07) is 31.0. The summed E-state index contributed by atoms with van der Waals surface area (Å²) in [5.74, 6) is 1.23. The van der Waals surface area contributed by atoms with Gasteiger partial charge in [-0.1, -0.05) is 66.2 Å². The van der Waals surface area contributed by atoms with Crippen LogP contribution < -0.4 is 5.73 Å². The summed E-state index contributed by atoms with van der Waals surface area (Å²) in [5.41, 5.74) is 13.7. The monoisotopic (exact) mass is 574 g/mol. The summed E-state index contributed by atoms with van der Waals surface area (Å²) in [5, 5.41) is 1.05. The fraction of sp³-hybridized carbons (Fsp3) is 0.176. The summed E-state index contributed by atoms with van der Waals surface area (Å²) in [6.07, 6.45) is 3.57. The smallest absolute Gasteiger partial charge is 0.296 e. The number of fused-ring (bicyclic) bond motifs is 2. The molecule has 0 aliphatic heterocycles. The lowest BCUT2D eigenvalue weighted by molar-refractivity contribution is 0.158. The Labute approximate surface area is 244 Å². The van der Waals surface area contributed by atoms with Crippen LogP contribution in [0.4, 0.5) is 5.69 Å². The van der Waals surface area contributed by atoms with Gasteiger partial charge >= 0.3 is 0 Å². The molecule has 0 amide bonds. The van der Waals surface area contributed by atoms with Crippen LogP contribution in [0.3, 0.4) is 0 Å². The van der Waals surface area contributed by atoms with Gasteiger partial charge < -0.3 is 10.1 Å². The highest BCUT2D eigenvalue weighted by molar-refractivity contribution is 7.86. The van der Waals surface area contributed by atoms with E-state index in [4.69, 9.17) is 19.9 Å². The molecular formula is C34H30N4O3S. The summed E-state index contributed by atoms with van der Waals surface area (Å²) in [7, 11) is -3.78. The van der Waals surface area contributed by atoms with E-state index in [1.807, 2.05) is 49.5 Å². The first kappa shape index (κ1) is 26.4. The van der Waals surface area contributed by atoms with E-state index in [2.05, 4.69) is 40.8 Å². The zero-order valence-corrected chi connectivity index (χ0v) is 24.0. The largest absolute Gasteiger partial charge is 0.397 e. The van der Waals surface area contributed by atoms with Crippen molar-refractivity contribution in [2.45, 2.75) is 30.6 Å². The van der Waals surface area contributed by atoms with Crippen molar-refractivity contribution in [2.75, 3.05) is 12.3 Å². The quantitative estimate of drug-likeness (QED) is 0.206. The number of pyridine rings is 2. The van der Waals surface area contributed by atoms with Crippen LogP contribution in [-0.4, -0.2) is 29.4 Å². The number of benzene rings is 3. The molecule has 0 bridgehead atoms. The average Bonchev–Trinajstić information content (AvgIpc) is 3.37. The Hall–Kier alpha value is -4.53. The third-order valence-corrected chi connectivity index (χ3v) is 9.42. The van der Waals surface area contributed by atoms with Crippen molar-refractivity contribution in [3.8, 4) is 22.5 Å². The van der Waals surface area contributed by atoms with Crippen LogP contribution in [0.1, 0.15) is 30.1 Å². The maximum Gasteiger partial charge on any atom is 0.296 e. The molecule has 2 N–H and O–H groups in total. The molecule has 1 aliphatic rings. The number of aryl methyl sites for hydroxylation is 1. The lowest BCUT2D eigenvalue weighted by Gasteiger charge is -2.34. The number of nitrogen functional groups attached to an aromatic ring is 1. The molecule has 1 aliphatic carbocycles. The second-order valence-corrected chi connectivity index (χ2v) is 12.7. The van der Waals surface area contributed by atoms with Crippen LogP contribution >= 0.6 is 0 Å². The van der Waals surface area contributed by atoms with Crippen molar-refractivity contribution < 1.29 is 12.6 Å². The van der Waals surface area contributed by atoms with Crippen molar-refractivity contribution >= 4 is 32.2 Å². The highest BCUT2D eigenvalue weighted by Crippen LogP contribution is 2.44. The molecular weight excluding hydrogens is 544 g/mol. The highest BCUT2D eigenvalue weighted by atomic mass is 32.2. The van der Waals surface area contributed by atoms with Gasteiger partial charge in [0.15, 0.2) is 0 Å². The number of imidazole rings is 1. The van der Waals surface area contributed by atoms with Crippen LogP contribution in [-0.2, 0) is 14.3 Å². The zero-order chi connectivity index (χ0) is 28.8. The number of nitrogens with zero attached hydrogens (tertiary/aromatic N) is 3. The second-order valence-electron chi connectivity index (χ2n) is 11.1. The third kappa shape index (κ3) is 4.82. The van der Waals surface area contributed by atoms with Crippen molar-refractivity contribution in [3.63, 3.8) is 0 Å². The summed E-state index contributed by atoms with van der Waals surface area (Å²) >= 11 is 0. The number of hydrogen-bond donors (Lipinski definition) is 1. The van der Waals surface area contributed by atoms with E-state index < -0.39 is 10.1 Å². The topological polar surface area (TPSA) is 99.6 Å². The Morgan fingerprint density at radius 3 is 2.43 bits per heavy atom. The van der Waals surface area contributed by atoms with Gasteiger partial charge in [-0.25, -0.2) is 9.97 Å². The molecule has 7 rings (SSSR count). The first-order valence-electron chi connectivity index (χ1n) is 14.0. The van der Waals surface area contributed by atoms with Crippen LogP contribution in [0, 0.1) is 12.8 Å². The van der Waals surface area contributed by atoms with E-state index >= 15 is 0 Å². The van der Waals surface area contributed by atoms with E-state index in [-0.39, 0.29) is 23.3 Å². The number of hydrogen-bond acceptors (Lipinski definition) is 6. The minimum Gasteiger partial charge on any atom is -0.397 e. The fourth-order valence-corrected chi connectivity index (χ4v) is 6.73. The van der Waals surface area contributed by atoms with Crippen LogP contribution in [0.5, 0.6) is 0 Å². The summed E-state index contributed by atoms with van der Waals surface area (Å²) in [6.45, 7) is 2.08. The second kappa shape index (κ2) is 10.4. The molecule has 0 radical (unpaired) electrons. The lowest BCUT2D eigenvalue weighted by Crippen LogP contribution is -2.28. The Bertz CT molecular complexity index is 2030. The molecule has 0 saturated heterocycles. The first-order chi connectivity index (χ1) is 20.4. The molecule has 1 saturated carbocycles. The highest BCUT2D eigenvalue weighted by Gasteiger charge is 2.35. The van der Waals surface area contributed by atoms with Crippen LogP contribution in [0.2, 0.25) is 0 Å². The van der Waals surface area contributed by atoms with Crippen LogP contribution in [0.25, 0.3) is 38.9 Å². The van der Waals surface area contributed by atoms with E-state index in [9.17, 15) is 8.42 Å². The van der Waals surface area contributed by atoms with Gasteiger partial charge in [-0.3, -0.25) is 4.18 Å². The minimum atomic E-state index is -3.78. The van der Waals surface area contributed by atoms with Gasteiger partial charge in [-0.15, -0.1) is 0 Å². The molecule has 3 aromatic carbocycles. The Morgan fingerprint density at radius 1 is 0.881 bits per heavy atom. The van der Waals surface area contributed by atoms with Gasteiger partial charge in [-0.2, -0.15) is 8.42 Å². The number of rotatable bonds is 7. The molecule has 0 unspecified atom stereocenters. The molecule has 6 aromatic rings. The van der Waals surface area contributed by atoms with Gasteiger partial charge in [0.1, 0.15) is 5.82 Å². The number of aromatic nitrogens is 3. The van der Waals surface area contributed by atoms with E-state index in [0.717, 1.165) is 63.2 Å². The number of anilines is 1. The maximum absolute atomic E-state index is 12.6. The van der Waals surface area contributed by atoms with Gasteiger partial charge in [0.25, 0.3) is 10.1 Å². The van der Waals surface area contributed by atoms with Crippen molar-refractivity contribution in [1.82, 2.24) is 14.4 Å². The van der Waals surface area contributed by atoms with Crippen molar-refractivity contribution in [2.24, 2.45) is 5.92 Å². The fourth-order valence-electron chi connectivity index (χ4n) is 5.75. The average molecular weight is 575 g/mol. The molecule has 42 heavy (non-hydrogen) atoms. The Balaban J connectivity index is 1.15. The normalized spacial score (nSPS) is 17.0. The van der Waals surface area contributed by atoms with E-state index in [1.165, 1.54) is 0 Å². The molecule has 0 atom stereocenters. The van der Waals surface area contributed by atoms with Gasteiger partial charge in [0.05, 0.1) is 39.6 Å². The number of nitrogens with two attached hydrogens (primary N) is 1. The molecule has 7 nitrogen and oxygen atoms in total. The summed E-state index contributed by atoms with van der Waals surface area (Å²) in [4.78, 5) is 10.3. The van der Waals surface area contributed by atoms with Crippen molar-refractivity contribution in [1.29, 1.82) is 0 Å². The lowest BCUT2D eigenvalue weighted by atomic mass is 9.75. The zero-order valence-electron chi connectivity index (χ0n) is 23.1. The van der Waals surface area contributed by atoms with Crippen LogP contribution in [0.15, 0.2) is 108 Å². The third-order valence-electron chi connectivity index (χ3n) is 8.13. The van der Waals surface area contributed by atoms with E-state index in [0.29, 0.717) is 5.69 Å². The van der Waals surface area contributed by atoms with E-state index in [1.54, 1.807) is 24.3 Å². The van der Waals surface area contributed by atoms with Crippen molar-refractivity contribution in [3.05, 3.63) is 115 Å². The first-order valence-corrected chi connectivity index (χ1v) is 15.5. The molecule has 0 spiro atoms. The Kier molecular flexibility index (Phi) is 6.52. The van der Waals surface area contributed by atoms with Gasteiger partial charge in [0.2, 0.25) is 0 Å². The molecule has 3 heterocycles. The molecule has 8 heteroatoms. The standard InChI is InChI=1S/C34H30N4O3S/c1-22-9-14-28(15-10-22)42(39,40)41-21-23-18-27(19-23)34-37-32(33-29(35)8-5-17-38(33)34)26-12-11-25-13-16-30(36-31(25)20-26)24-6-3-2-4-7-24/h2-17,20,23,27H,18-19,21,35H2,1H3. The molecule has 3 aromatic heterocycles. The molecule has 1 fully saturated rings. The molecule has 210 valence electrons. The predicted molar refractivity (Wildman–Crippen MR) is 166 cm³/mol.